The molecule has 0 unspecified atom stereocenters. The summed E-state index contributed by atoms with van der Waals surface area (Å²) in [5, 5.41) is 0. The Bertz CT molecular complexity index is 707. The van der Waals surface area contributed by atoms with Gasteiger partial charge in [-0.1, -0.05) is 0 Å². The summed E-state index contributed by atoms with van der Waals surface area (Å²) in [4.78, 5) is 0. The molecule has 8 heteroatoms. The number of sulfonamides is 1. The molecule has 102 valence electrons. The van der Waals surface area contributed by atoms with Crippen molar-refractivity contribution in [1.29, 1.82) is 0 Å². The Morgan fingerprint density at radius 2 is 1.95 bits per heavy atom. The fourth-order valence-corrected chi connectivity index (χ4v) is 4.90. The van der Waals surface area contributed by atoms with E-state index >= 15 is 0 Å². The molecule has 2 aromatic rings. The van der Waals surface area contributed by atoms with E-state index in [1.807, 2.05) is 6.92 Å². The predicted octanol–water partition coefficient (Wildman–Crippen LogP) is 3.96. The van der Waals surface area contributed by atoms with Crippen molar-refractivity contribution in [3.8, 4) is 0 Å². The lowest BCUT2D eigenvalue weighted by Crippen LogP contribution is -2.11. The summed E-state index contributed by atoms with van der Waals surface area (Å²) < 4.78 is 28.7. The molecule has 3 N–H and O–H groups in total. The highest BCUT2D eigenvalue weighted by molar-refractivity contribution is 9.11. The standard InChI is InChI=1S/C11H10Br2N2O2S2/c1-6-4-10(18-11(6)13)19(16,17)15-7-2-3-8(12)9(14)5-7/h2-5,15H,14H2,1H3. The van der Waals surface area contributed by atoms with E-state index in [4.69, 9.17) is 5.73 Å². The van der Waals surface area contributed by atoms with Crippen LogP contribution in [0.3, 0.4) is 0 Å². The number of rotatable bonds is 3. The van der Waals surface area contributed by atoms with Crippen molar-refractivity contribution < 1.29 is 8.42 Å². The predicted molar refractivity (Wildman–Crippen MR) is 86.1 cm³/mol. The molecule has 1 heterocycles. The summed E-state index contributed by atoms with van der Waals surface area (Å²) in [5.74, 6) is 0. The van der Waals surface area contributed by atoms with Crippen molar-refractivity contribution in [2.45, 2.75) is 11.1 Å². The maximum atomic E-state index is 12.2. The molecule has 0 bridgehead atoms. The molecule has 0 amide bonds. The molecule has 0 fully saturated rings. The van der Waals surface area contributed by atoms with Crippen LogP contribution in [0.15, 0.2) is 36.7 Å². The molecule has 0 atom stereocenters. The highest BCUT2D eigenvalue weighted by atomic mass is 79.9. The van der Waals surface area contributed by atoms with Crippen LogP contribution >= 0.6 is 43.2 Å². The van der Waals surface area contributed by atoms with Crippen LogP contribution in [0.2, 0.25) is 0 Å². The van der Waals surface area contributed by atoms with Gasteiger partial charge in [0.05, 0.1) is 9.47 Å². The van der Waals surface area contributed by atoms with Crippen LogP contribution in [0.4, 0.5) is 11.4 Å². The van der Waals surface area contributed by atoms with Crippen molar-refractivity contribution in [3.05, 3.63) is 38.1 Å². The van der Waals surface area contributed by atoms with E-state index in [0.29, 0.717) is 11.4 Å². The van der Waals surface area contributed by atoms with Crippen LogP contribution in [0.25, 0.3) is 0 Å². The van der Waals surface area contributed by atoms with Gasteiger partial charge in [-0.05, 0) is 68.6 Å². The number of hydrogen-bond donors (Lipinski definition) is 2. The number of nitrogen functional groups attached to an aromatic ring is 1. The lowest BCUT2D eigenvalue weighted by Gasteiger charge is -2.07. The van der Waals surface area contributed by atoms with Crippen molar-refractivity contribution in [2.24, 2.45) is 0 Å². The lowest BCUT2D eigenvalue weighted by molar-refractivity contribution is 0.603. The summed E-state index contributed by atoms with van der Waals surface area (Å²) in [5.41, 5.74) is 7.52. The summed E-state index contributed by atoms with van der Waals surface area (Å²) in [7, 11) is -3.58. The molecular formula is C11H10Br2N2O2S2. The van der Waals surface area contributed by atoms with Crippen molar-refractivity contribution in [1.82, 2.24) is 0 Å². The first-order valence-corrected chi connectivity index (χ1v) is 9.02. The van der Waals surface area contributed by atoms with Gasteiger partial charge < -0.3 is 5.73 Å². The van der Waals surface area contributed by atoms with Crippen LogP contribution in [0.5, 0.6) is 0 Å². The van der Waals surface area contributed by atoms with Gasteiger partial charge in [-0.2, -0.15) is 0 Å². The molecule has 2 rings (SSSR count). The zero-order valence-corrected chi connectivity index (χ0v) is 14.6. The molecule has 0 aliphatic carbocycles. The van der Waals surface area contributed by atoms with Crippen molar-refractivity contribution >= 4 is 64.6 Å². The van der Waals surface area contributed by atoms with Gasteiger partial charge in [0, 0.05) is 10.2 Å². The average Bonchev–Trinajstić information content (AvgIpc) is 2.65. The van der Waals surface area contributed by atoms with Gasteiger partial charge in [0.25, 0.3) is 10.0 Å². The third-order valence-electron chi connectivity index (χ3n) is 2.35. The van der Waals surface area contributed by atoms with Crippen LogP contribution in [-0.4, -0.2) is 8.42 Å². The maximum Gasteiger partial charge on any atom is 0.271 e. The quantitative estimate of drug-likeness (QED) is 0.730. The van der Waals surface area contributed by atoms with E-state index in [1.165, 1.54) is 11.3 Å². The third-order valence-corrected chi connectivity index (χ3v) is 7.06. The molecule has 0 saturated heterocycles. The molecule has 4 nitrogen and oxygen atoms in total. The van der Waals surface area contributed by atoms with Crippen molar-refractivity contribution in [3.63, 3.8) is 0 Å². The van der Waals surface area contributed by atoms with E-state index in [9.17, 15) is 8.42 Å². The van der Waals surface area contributed by atoms with Crippen LogP contribution < -0.4 is 10.5 Å². The number of anilines is 2. The molecular weight excluding hydrogens is 416 g/mol. The second-order valence-electron chi connectivity index (χ2n) is 3.86. The number of hydrogen-bond acceptors (Lipinski definition) is 4. The minimum absolute atomic E-state index is 0.262. The van der Waals surface area contributed by atoms with Crippen LogP contribution in [-0.2, 0) is 10.0 Å². The zero-order valence-electron chi connectivity index (χ0n) is 9.78. The molecule has 0 aliphatic heterocycles. The number of nitrogens with two attached hydrogens (primary N) is 1. The number of nitrogens with one attached hydrogen (secondary N) is 1. The Morgan fingerprint density at radius 1 is 1.26 bits per heavy atom. The van der Waals surface area contributed by atoms with Gasteiger partial charge in [-0.25, -0.2) is 8.42 Å². The molecule has 1 aromatic carbocycles. The monoisotopic (exact) mass is 424 g/mol. The second-order valence-corrected chi connectivity index (χ2v) is 9.00. The topological polar surface area (TPSA) is 72.2 Å². The fraction of sp³-hybridized carbons (Fsp3) is 0.0909. The van der Waals surface area contributed by atoms with E-state index < -0.39 is 10.0 Å². The summed E-state index contributed by atoms with van der Waals surface area (Å²) >= 11 is 7.75. The van der Waals surface area contributed by atoms with Crippen LogP contribution in [0, 0.1) is 6.92 Å². The summed E-state index contributed by atoms with van der Waals surface area (Å²) in [6.45, 7) is 1.84. The Labute approximate surface area is 132 Å². The fourth-order valence-electron chi connectivity index (χ4n) is 1.38. The SMILES string of the molecule is Cc1cc(S(=O)(=O)Nc2ccc(Br)c(N)c2)sc1Br. The molecule has 19 heavy (non-hydrogen) atoms. The number of benzene rings is 1. The molecule has 0 radical (unpaired) electrons. The third kappa shape index (κ3) is 3.31. The normalized spacial score (nSPS) is 11.5. The van der Waals surface area contributed by atoms with E-state index in [2.05, 4.69) is 36.6 Å². The van der Waals surface area contributed by atoms with E-state index in [1.54, 1.807) is 24.3 Å². The Kier molecular flexibility index (Phi) is 4.24. The van der Waals surface area contributed by atoms with Gasteiger partial charge in [0.15, 0.2) is 0 Å². The Hall–Kier alpha value is -0.570. The summed E-state index contributed by atoms with van der Waals surface area (Å²) in [6, 6.07) is 6.53. The van der Waals surface area contributed by atoms with Gasteiger partial charge >= 0.3 is 0 Å². The average molecular weight is 426 g/mol. The van der Waals surface area contributed by atoms with Gasteiger partial charge in [0.2, 0.25) is 0 Å². The van der Waals surface area contributed by atoms with Crippen LogP contribution in [0.1, 0.15) is 5.56 Å². The number of thiophene rings is 1. The molecule has 0 spiro atoms. The molecule has 0 aliphatic rings. The minimum Gasteiger partial charge on any atom is -0.398 e. The van der Waals surface area contributed by atoms with E-state index in [0.717, 1.165) is 13.8 Å². The first-order chi connectivity index (χ1) is 8.79. The highest BCUT2D eigenvalue weighted by Crippen LogP contribution is 2.32. The Balaban J connectivity index is 2.33. The minimum atomic E-state index is -3.58. The van der Waals surface area contributed by atoms with Gasteiger partial charge in [-0.3, -0.25) is 4.72 Å². The van der Waals surface area contributed by atoms with Gasteiger partial charge in [0.1, 0.15) is 4.21 Å². The van der Waals surface area contributed by atoms with E-state index in [-0.39, 0.29) is 4.21 Å². The highest BCUT2D eigenvalue weighted by Gasteiger charge is 2.18. The Morgan fingerprint density at radius 3 is 2.47 bits per heavy atom. The molecule has 0 saturated carbocycles. The number of aryl methyl sites for hydroxylation is 1. The molecule has 1 aromatic heterocycles. The largest absolute Gasteiger partial charge is 0.398 e. The zero-order chi connectivity index (χ0) is 14.2. The lowest BCUT2D eigenvalue weighted by atomic mass is 10.3. The smallest absolute Gasteiger partial charge is 0.271 e. The second kappa shape index (κ2) is 5.43. The maximum absolute atomic E-state index is 12.2. The first-order valence-electron chi connectivity index (χ1n) is 5.13. The van der Waals surface area contributed by atoms with Gasteiger partial charge in [-0.15, -0.1) is 11.3 Å². The number of halogens is 2. The summed E-state index contributed by atoms with van der Waals surface area (Å²) in [6.07, 6.45) is 0. The van der Waals surface area contributed by atoms with Crippen molar-refractivity contribution in [2.75, 3.05) is 10.5 Å². The first kappa shape index (κ1) is 14.8.